The highest BCUT2D eigenvalue weighted by Gasteiger charge is 2.50. The SMILES string of the molecule is Cc1ccc(-c2ccccc2-c2cc(-c3cccc4c3Sc3ccccc3C43c4ccccc4-c4ccccc43)nc(-c3ccccc3)n2)c(C)n1. The summed E-state index contributed by atoms with van der Waals surface area (Å²) in [6.07, 6.45) is 0. The van der Waals surface area contributed by atoms with E-state index in [1.807, 2.05) is 24.8 Å². The molecule has 6 aromatic carbocycles. The van der Waals surface area contributed by atoms with E-state index in [1.54, 1.807) is 0 Å². The van der Waals surface area contributed by atoms with Crippen LogP contribution in [0.25, 0.3) is 56.2 Å². The molecule has 1 aliphatic heterocycles. The Morgan fingerprint density at radius 2 is 0.981 bits per heavy atom. The highest BCUT2D eigenvalue weighted by molar-refractivity contribution is 7.99. The molecule has 0 unspecified atom stereocenters. The molecule has 3 nitrogen and oxygen atoms in total. The fourth-order valence-corrected chi connectivity index (χ4v) is 9.74. The molecule has 2 aliphatic rings. The Labute approximate surface area is 308 Å². The third kappa shape index (κ3) is 4.57. The van der Waals surface area contributed by atoms with Gasteiger partial charge < -0.3 is 0 Å². The number of pyridine rings is 1. The number of benzene rings is 6. The third-order valence-electron chi connectivity index (χ3n) is 10.6. The van der Waals surface area contributed by atoms with Gasteiger partial charge in [0.1, 0.15) is 0 Å². The molecule has 1 aliphatic carbocycles. The molecule has 0 atom stereocenters. The maximum atomic E-state index is 5.36. The summed E-state index contributed by atoms with van der Waals surface area (Å²) in [5.74, 6) is 0.701. The molecule has 0 saturated heterocycles. The first-order valence-electron chi connectivity index (χ1n) is 17.7. The van der Waals surface area contributed by atoms with Crippen molar-refractivity contribution < 1.29 is 0 Å². The Bertz CT molecular complexity index is 2650. The van der Waals surface area contributed by atoms with Gasteiger partial charge in [0.25, 0.3) is 0 Å². The van der Waals surface area contributed by atoms with Gasteiger partial charge in [0.05, 0.1) is 16.8 Å². The van der Waals surface area contributed by atoms with Crippen LogP contribution in [0.15, 0.2) is 174 Å². The van der Waals surface area contributed by atoms with Crippen LogP contribution < -0.4 is 0 Å². The summed E-state index contributed by atoms with van der Waals surface area (Å²) < 4.78 is 0. The van der Waals surface area contributed by atoms with Crippen molar-refractivity contribution in [2.45, 2.75) is 29.1 Å². The van der Waals surface area contributed by atoms with Gasteiger partial charge in [-0.15, -0.1) is 0 Å². The lowest BCUT2D eigenvalue weighted by atomic mass is 9.67. The number of hydrogen-bond acceptors (Lipinski definition) is 4. The quantitative estimate of drug-likeness (QED) is 0.185. The fourth-order valence-electron chi connectivity index (χ4n) is 8.43. The van der Waals surface area contributed by atoms with Crippen molar-refractivity contribution in [3.63, 3.8) is 0 Å². The summed E-state index contributed by atoms with van der Waals surface area (Å²) in [6.45, 7) is 4.12. The van der Waals surface area contributed by atoms with Crippen LogP contribution in [0, 0.1) is 13.8 Å². The average Bonchev–Trinajstić information content (AvgIpc) is 3.49. The summed E-state index contributed by atoms with van der Waals surface area (Å²) in [5.41, 5.74) is 16.5. The molecule has 0 saturated carbocycles. The summed E-state index contributed by atoms with van der Waals surface area (Å²) in [4.78, 5) is 17.9. The predicted octanol–water partition coefficient (Wildman–Crippen LogP) is 12.0. The highest BCUT2D eigenvalue weighted by Crippen LogP contribution is 2.63. The van der Waals surface area contributed by atoms with E-state index < -0.39 is 5.41 Å². The van der Waals surface area contributed by atoms with Gasteiger partial charge in [-0.3, -0.25) is 4.98 Å². The minimum Gasteiger partial charge on any atom is -0.258 e. The minimum atomic E-state index is -0.457. The minimum absolute atomic E-state index is 0.457. The second-order valence-corrected chi connectivity index (χ2v) is 14.6. The van der Waals surface area contributed by atoms with Gasteiger partial charge in [0.2, 0.25) is 0 Å². The zero-order chi connectivity index (χ0) is 34.8. The second kappa shape index (κ2) is 12.0. The van der Waals surface area contributed by atoms with Gasteiger partial charge in [-0.05, 0) is 71.0 Å². The Kier molecular flexibility index (Phi) is 7.09. The van der Waals surface area contributed by atoms with E-state index in [4.69, 9.17) is 15.0 Å². The Balaban J connectivity index is 1.25. The maximum Gasteiger partial charge on any atom is 0.160 e. The first-order valence-corrected chi connectivity index (χ1v) is 18.5. The molecule has 246 valence electrons. The molecule has 0 amide bonds. The molecule has 3 heterocycles. The second-order valence-electron chi connectivity index (χ2n) is 13.6. The van der Waals surface area contributed by atoms with Crippen LogP contribution in [0.3, 0.4) is 0 Å². The smallest absolute Gasteiger partial charge is 0.160 e. The lowest BCUT2D eigenvalue weighted by Crippen LogP contribution is -2.32. The van der Waals surface area contributed by atoms with E-state index in [0.717, 1.165) is 50.6 Å². The van der Waals surface area contributed by atoms with Crippen LogP contribution in [-0.2, 0) is 5.41 Å². The van der Waals surface area contributed by atoms with Crippen molar-refractivity contribution in [1.82, 2.24) is 15.0 Å². The Morgan fingerprint density at radius 3 is 1.69 bits per heavy atom. The van der Waals surface area contributed by atoms with E-state index in [1.165, 1.54) is 43.2 Å². The summed E-state index contributed by atoms with van der Waals surface area (Å²) in [5, 5.41) is 0. The van der Waals surface area contributed by atoms with Crippen molar-refractivity contribution >= 4 is 11.8 Å². The molecule has 0 radical (unpaired) electrons. The number of hydrogen-bond donors (Lipinski definition) is 0. The van der Waals surface area contributed by atoms with Gasteiger partial charge in [-0.2, -0.15) is 0 Å². The molecule has 0 fully saturated rings. The Morgan fingerprint density at radius 1 is 0.423 bits per heavy atom. The van der Waals surface area contributed by atoms with Gasteiger partial charge in [0.15, 0.2) is 5.82 Å². The fraction of sp³-hybridized carbons (Fsp3) is 0.0625. The first kappa shape index (κ1) is 30.7. The zero-order valence-electron chi connectivity index (χ0n) is 28.8. The van der Waals surface area contributed by atoms with Gasteiger partial charge in [-0.1, -0.05) is 157 Å². The van der Waals surface area contributed by atoms with E-state index in [-0.39, 0.29) is 0 Å². The molecule has 4 heteroatoms. The molecule has 10 rings (SSSR count). The number of aryl methyl sites for hydroxylation is 2. The predicted molar refractivity (Wildman–Crippen MR) is 212 cm³/mol. The topological polar surface area (TPSA) is 38.7 Å². The van der Waals surface area contributed by atoms with Crippen LogP contribution in [-0.4, -0.2) is 15.0 Å². The number of nitrogens with zero attached hydrogens (tertiary/aromatic N) is 3. The molecule has 52 heavy (non-hydrogen) atoms. The van der Waals surface area contributed by atoms with Crippen molar-refractivity contribution in [3.8, 4) is 56.2 Å². The van der Waals surface area contributed by atoms with Gasteiger partial charge in [-0.25, -0.2) is 9.97 Å². The maximum absolute atomic E-state index is 5.36. The van der Waals surface area contributed by atoms with Gasteiger partial charge in [0, 0.05) is 43.4 Å². The monoisotopic (exact) mass is 683 g/mol. The molecule has 1 spiro atoms. The average molecular weight is 684 g/mol. The zero-order valence-corrected chi connectivity index (χ0v) is 29.7. The van der Waals surface area contributed by atoms with Crippen LogP contribution in [0.1, 0.15) is 33.6 Å². The number of aromatic nitrogens is 3. The molecule has 2 aromatic heterocycles. The largest absolute Gasteiger partial charge is 0.258 e. The summed E-state index contributed by atoms with van der Waals surface area (Å²) in [7, 11) is 0. The van der Waals surface area contributed by atoms with E-state index in [0.29, 0.717) is 5.82 Å². The number of rotatable bonds is 4. The van der Waals surface area contributed by atoms with Crippen molar-refractivity contribution in [3.05, 3.63) is 197 Å². The first-order chi connectivity index (χ1) is 25.6. The number of fused-ring (bicyclic) bond motifs is 9. The molecule has 8 aromatic rings. The molecule has 0 bridgehead atoms. The van der Waals surface area contributed by atoms with Gasteiger partial charge >= 0.3 is 0 Å². The third-order valence-corrected chi connectivity index (χ3v) is 11.8. The van der Waals surface area contributed by atoms with Crippen LogP contribution in [0.4, 0.5) is 0 Å². The van der Waals surface area contributed by atoms with Crippen molar-refractivity contribution in [2.75, 3.05) is 0 Å². The van der Waals surface area contributed by atoms with Crippen LogP contribution in [0.2, 0.25) is 0 Å². The van der Waals surface area contributed by atoms with E-state index in [2.05, 4.69) is 165 Å². The highest BCUT2D eigenvalue weighted by atomic mass is 32.2. The van der Waals surface area contributed by atoms with Crippen LogP contribution in [0.5, 0.6) is 0 Å². The van der Waals surface area contributed by atoms with E-state index in [9.17, 15) is 0 Å². The van der Waals surface area contributed by atoms with Crippen LogP contribution >= 0.6 is 11.8 Å². The van der Waals surface area contributed by atoms with Crippen molar-refractivity contribution in [1.29, 1.82) is 0 Å². The summed E-state index contributed by atoms with van der Waals surface area (Å²) in [6, 6.07) is 58.9. The summed E-state index contributed by atoms with van der Waals surface area (Å²) >= 11 is 1.85. The lowest BCUT2D eigenvalue weighted by Gasteiger charge is -2.40. The normalized spacial score (nSPS) is 13.3. The standard InChI is InChI=1S/C48H33N3S/c1-30-27-28-33(31(2)49-30)34-17-6-7-20-37(34)43-29-44(51-47(50-43)32-15-4-3-5-16-32)38-21-14-25-42-46(38)52-45-26-13-12-24-41(45)48(42)39-22-10-8-18-35(39)36-19-9-11-23-40(36)48/h3-29H,1-2H3. The molecular weight excluding hydrogens is 651 g/mol. The lowest BCUT2D eigenvalue weighted by molar-refractivity contribution is 0.723. The molecule has 0 N–H and O–H groups in total. The molecular formula is C48H33N3S. The van der Waals surface area contributed by atoms with E-state index >= 15 is 0 Å². The Hall–Kier alpha value is -6.10. The van der Waals surface area contributed by atoms with Crippen molar-refractivity contribution in [2.24, 2.45) is 0 Å².